The van der Waals surface area contributed by atoms with Crippen molar-refractivity contribution in [3.05, 3.63) is 29.8 Å². The molecule has 2 amide bonds. The minimum Gasteiger partial charge on any atom is -0.481 e. The van der Waals surface area contributed by atoms with Gasteiger partial charge in [-0.3, -0.25) is 14.4 Å². The Labute approximate surface area is 151 Å². The van der Waals surface area contributed by atoms with Crippen LogP contribution in [0.5, 0.6) is 0 Å². The first-order valence-electron chi connectivity index (χ1n) is 9.01. The maximum atomic E-state index is 12.9. The van der Waals surface area contributed by atoms with E-state index in [1.807, 2.05) is 0 Å². The zero-order valence-electron chi connectivity index (χ0n) is 14.4. The summed E-state index contributed by atoms with van der Waals surface area (Å²) in [4.78, 5) is 38.3. The van der Waals surface area contributed by atoms with Gasteiger partial charge < -0.3 is 20.1 Å². The molecule has 0 unspecified atom stereocenters. The molecule has 7 nitrogen and oxygen atoms in total. The van der Waals surface area contributed by atoms with Gasteiger partial charge in [0, 0.05) is 42.8 Å². The van der Waals surface area contributed by atoms with Crippen molar-refractivity contribution in [1.82, 2.24) is 4.90 Å². The largest absolute Gasteiger partial charge is 0.481 e. The van der Waals surface area contributed by atoms with Crippen LogP contribution in [0.1, 0.15) is 29.6 Å². The number of anilines is 1. The lowest BCUT2D eigenvalue weighted by atomic mass is 9.74. The standard InChI is InChI=1S/C19H22N2O5/c22-16(12-4-5-12)20-15-3-1-2-13(8-15)17(23)21-9-14-10-26-7-6-19(14,11-21)18(24)25/h1-3,8,12,14H,4-7,9-11H2,(H,20,22)(H,24,25)/t14-,19+/m0/s1. The summed E-state index contributed by atoms with van der Waals surface area (Å²) >= 11 is 0. The number of carbonyl (C=O) groups is 3. The minimum absolute atomic E-state index is 0.0104. The third-order valence-electron chi connectivity index (χ3n) is 5.75. The molecule has 7 heteroatoms. The topological polar surface area (TPSA) is 95.9 Å². The average molecular weight is 358 g/mol. The quantitative estimate of drug-likeness (QED) is 0.852. The van der Waals surface area contributed by atoms with Crippen LogP contribution in [-0.4, -0.2) is 54.1 Å². The lowest BCUT2D eigenvalue weighted by Gasteiger charge is -2.33. The highest BCUT2D eigenvalue weighted by molar-refractivity contribution is 5.98. The normalized spacial score (nSPS) is 27.7. The minimum atomic E-state index is -0.911. The molecular weight excluding hydrogens is 336 g/mol. The van der Waals surface area contributed by atoms with Gasteiger partial charge in [0.2, 0.25) is 5.91 Å². The molecule has 0 bridgehead atoms. The summed E-state index contributed by atoms with van der Waals surface area (Å²) in [5.41, 5.74) is 0.144. The first-order valence-corrected chi connectivity index (χ1v) is 9.01. The molecule has 3 fully saturated rings. The molecule has 2 N–H and O–H groups in total. The molecular formula is C19H22N2O5. The van der Waals surface area contributed by atoms with Crippen LogP contribution in [0, 0.1) is 17.3 Å². The summed E-state index contributed by atoms with van der Waals surface area (Å²) in [6.45, 7) is 1.36. The van der Waals surface area contributed by atoms with Crippen LogP contribution < -0.4 is 5.32 Å². The van der Waals surface area contributed by atoms with Gasteiger partial charge in [-0.05, 0) is 37.5 Å². The SMILES string of the molecule is O=C(Nc1cccc(C(=O)N2C[C@H]3COCC[C@@]3(C(=O)O)C2)c1)C1CC1. The number of aliphatic carboxylic acids is 1. The van der Waals surface area contributed by atoms with Crippen molar-refractivity contribution in [3.63, 3.8) is 0 Å². The molecule has 3 aliphatic rings. The van der Waals surface area contributed by atoms with E-state index in [1.165, 1.54) is 0 Å². The number of nitrogens with zero attached hydrogens (tertiary/aromatic N) is 1. The molecule has 2 atom stereocenters. The molecule has 4 rings (SSSR count). The Hall–Kier alpha value is -2.41. The van der Waals surface area contributed by atoms with E-state index in [2.05, 4.69) is 5.32 Å². The van der Waals surface area contributed by atoms with Crippen molar-refractivity contribution < 1.29 is 24.2 Å². The second-order valence-electron chi connectivity index (χ2n) is 7.51. The Morgan fingerprint density at radius 2 is 2.08 bits per heavy atom. The third-order valence-corrected chi connectivity index (χ3v) is 5.75. The van der Waals surface area contributed by atoms with E-state index in [0.29, 0.717) is 37.4 Å². The number of hydrogen-bond acceptors (Lipinski definition) is 4. The summed E-state index contributed by atoms with van der Waals surface area (Å²) < 4.78 is 5.43. The molecule has 0 spiro atoms. The van der Waals surface area contributed by atoms with Crippen LogP contribution >= 0.6 is 0 Å². The van der Waals surface area contributed by atoms with E-state index in [1.54, 1.807) is 29.2 Å². The number of carbonyl (C=O) groups excluding carboxylic acids is 2. The number of carboxylic acid groups (broad SMARTS) is 1. The molecule has 1 saturated carbocycles. The van der Waals surface area contributed by atoms with Gasteiger partial charge in [0.05, 0.1) is 12.0 Å². The molecule has 2 heterocycles. The number of fused-ring (bicyclic) bond motifs is 1. The number of amides is 2. The summed E-state index contributed by atoms with van der Waals surface area (Å²) in [6.07, 6.45) is 2.26. The van der Waals surface area contributed by atoms with Gasteiger partial charge in [-0.2, -0.15) is 0 Å². The smallest absolute Gasteiger partial charge is 0.311 e. The monoisotopic (exact) mass is 358 g/mol. The van der Waals surface area contributed by atoms with E-state index in [0.717, 1.165) is 12.8 Å². The highest BCUT2D eigenvalue weighted by Crippen LogP contribution is 2.43. The molecule has 0 radical (unpaired) electrons. The lowest BCUT2D eigenvalue weighted by molar-refractivity contribution is -0.157. The molecule has 138 valence electrons. The Morgan fingerprint density at radius 1 is 1.27 bits per heavy atom. The highest BCUT2D eigenvalue weighted by atomic mass is 16.5. The van der Waals surface area contributed by atoms with Crippen molar-refractivity contribution in [2.24, 2.45) is 17.3 Å². The fraction of sp³-hybridized carbons (Fsp3) is 0.526. The van der Waals surface area contributed by atoms with Crippen LogP contribution in [0.3, 0.4) is 0 Å². The van der Waals surface area contributed by atoms with Crippen LogP contribution in [0.2, 0.25) is 0 Å². The number of ether oxygens (including phenoxy) is 1. The number of carboxylic acids is 1. The Balaban J connectivity index is 1.51. The molecule has 1 aromatic carbocycles. The molecule has 0 aromatic heterocycles. The fourth-order valence-corrected chi connectivity index (χ4v) is 3.96. The predicted octanol–water partition coefficient (Wildman–Crippen LogP) is 1.60. The molecule has 1 aliphatic carbocycles. The van der Waals surface area contributed by atoms with Crippen molar-refractivity contribution in [2.45, 2.75) is 19.3 Å². The van der Waals surface area contributed by atoms with Gasteiger partial charge in [-0.15, -0.1) is 0 Å². The van der Waals surface area contributed by atoms with Gasteiger partial charge in [-0.25, -0.2) is 0 Å². The van der Waals surface area contributed by atoms with E-state index < -0.39 is 11.4 Å². The van der Waals surface area contributed by atoms with E-state index in [9.17, 15) is 19.5 Å². The number of nitrogens with one attached hydrogen (secondary N) is 1. The zero-order chi connectivity index (χ0) is 18.3. The van der Waals surface area contributed by atoms with Gasteiger partial charge >= 0.3 is 5.97 Å². The van der Waals surface area contributed by atoms with Crippen LogP contribution in [0.15, 0.2) is 24.3 Å². The molecule has 2 saturated heterocycles. The van der Waals surface area contributed by atoms with E-state index >= 15 is 0 Å². The predicted molar refractivity (Wildman–Crippen MR) is 92.7 cm³/mol. The number of hydrogen-bond donors (Lipinski definition) is 2. The van der Waals surface area contributed by atoms with Crippen LogP contribution in [0.25, 0.3) is 0 Å². The summed E-state index contributed by atoms with van der Waals surface area (Å²) in [7, 11) is 0. The average Bonchev–Trinajstić information content (AvgIpc) is 3.41. The van der Waals surface area contributed by atoms with E-state index in [-0.39, 0.29) is 30.2 Å². The van der Waals surface area contributed by atoms with Crippen molar-refractivity contribution in [1.29, 1.82) is 0 Å². The number of rotatable bonds is 4. The van der Waals surface area contributed by atoms with Gasteiger partial charge in [0.25, 0.3) is 5.91 Å². The molecule has 26 heavy (non-hydrogen) atoms. The van der Waals surface area contributed by atoms with Gasteiger partial charge in [0.15, 0.2) is 0 Å². The first kappa shape index (κ1) is 17.0. The summed E-state index contributed by atoms with van der Waals surface area (Å²) in [6, 6.07) is 6.85. The lowest BCUT2D eigenvalue weighted by Crippen LogP contribution is -2.45. The van der Waals surface area contributed by atoms with E-state index in [4.69, 9.17) is 4.74 Å². The highest BCUT2D eigenvalue weighted by Gasteiger charge is 2.54. The second kappa shape index (κ2) is 6.39. The number of benzene rings is 1. The Kier molecular flexibility index (Phi) is 4.19. The zero-order valence-corrected chi connectivity index (χ0v) is 14.4. The Morgan fingerprint density at radius 3 is 2.77 bits per heavy atom. The molecule has 1 aromatic rings. The third kappa shape index (κ3) is 2.96. The summed E-state index contributed by atoms with van der Waals surface area (Å²) in [5, 5.41) is 12.6. The molecule has 2 aliphatic heterocycles. The van der Waals surface area contributed by atoms with Crippen molar-refractivity contribution in [3.8, 4) is 0 Å². The Bertz CT molecular complexity index is 760. The fourth-order valence-electron chi connectivity index (χ4n) is 3.96. The van der Waals surface area contributed by atoms with Crippen LogP contribution in [0.4, 0.5) is 5.69 Å². The van der Waals surface area contributed by atoms with Crippen molar-refractivity contribution >= 4 is 23.5 Å². The van der Waals surface area contributed by atoms with Gasteiger partial charge in [0.1, 0.15) is 0 Å². The van der Waals surface area contributed by atoms with Crippen molar-refractivity contribution in [2.75, 3.05) is 31.6 Å². The summed E-state index contributed by atoms with van der Waals surface area (Å²) in [5.74, 6) is -1.17. The second-order valence-corrected chi connectivity index (χ2v) is 7.51. The maximum Gasteiger partial charge on any atom is 0.311 e. The maximum absolute atomic E-state index is 12.9. The van der Waals surface area contributed by atoms with Crippen LogP contribution in [-0.2, 0) is 14.3 Å². The van der Waals surface area contributed by atoms with Gasteiger partial charge in [-0.1, -0.05) is 6.07 Å². The number of likely N-dealkylation sites (tertiary alicyclic amines) is 1. The first-order chi connectivity index (χ1) is 12.5.